The Kier molecular flexibility index (Phi) is 10.7. The summed E-state index contributed by atoms with van der Waals surface area (Å²) < 4.78 is 0. The third-order valence-corrected chi connectivity index (χ3v) is 10.8. The van der Waals surface area contributed by atoms with Crippen molar-refractivity contribution >= 4 is 87.3 Å². The lowest BCUT2D eigenvalue weighted by atomic mass is 10.1. The van der Waals surface area contributed by atoms with Gasteiger partial charge in [0.1, 0.15) is 17.1 Å². The molecule has 5 rings (SSSR count). The fourth-order valence-electron chi connectivity index (χ4n) is 5.13. The van der Waals surface area contributed by atoms with Crippen LogP contribution in [0.25, 0.3) is 0 Å². The quantitative estimate of drug-likeness (QED) is 0.0383. The number of aromatic nitrogens is 1. The molecule has 3 aliphatic heterocycles. The number of fused-ring (bicyclic) bond motifs is 1. The van der Waals surface area contributed by atoms with Crippen LogP contribution in [0, 0.1) is 0 Å². The molecule has 22 nitrogen and oxygen atoms in total. The van der Waals surface area contributed by atoms with Crippen LogP contribution in [0.5, 0.6) is 11.5 Å². The maximum atomic E-state index is 13.4. The topological polar surface area (TPSA) is 319 Å². The number of nitrogens with zero attached hydrogens (tertiary/aromatic N) is 5. The van der Waals surface area contributed by atoms with Gasteiger partial charge in [-0.3, -0.25) is 19.3 Å². The van der Waals surface area contributed by atoms with Crippen molar-refractivity contribution in [2.45, 2.75) is 35.7 Å². The maximum Gasteiger partial charge on any atom is 0.350 e. The summed E-state index contributed by atoms with van der Waals surface area (Å²) in [7, 11) is 0. The monoisotopic (exact) mass is 798 g/mol. The summed E-state index contributed by atoms with van der Waals surface area (Å²) in [5, 5.41) is 50.9. The number of nitrogens with two attached hydrogens (primary N) is 1. The molecule has 25 heteroatoms. The highest BCUT2D eigenvalue weighted by Crippen LogP contribution is 2.49. The van der Waals surface area contributed by atoms with Crippen molar-refractivity contribution in [1.82, 2.24) is 41.2 Å². The summed E-state index contributed by atoms with van der Waals surface area (Å²) >= 11 is 7.56. The van der Waals surface area contributed by atoms with Gasteiger partial charge in [-0.25, -0.2) is 34.6 Å². The van der Waals surface area contributed by atoms with E-state index in [1.54, 1.807) is 0 Å². The van der Waals surface area contributed by atoms with Crippen LogP contribution in [0.15, 0.2) is 22.7 Å². The van der Waals surface area contributed by atoms with E-state index >= 15 is 0 Å². The van der Waals surface area contributed by atoms with E-state index in [0.717, 1.165) is 39.1 Å². The molecule has 1 aromatic carbocycles. The second kappa shape index (κ2) is 14.7. The number of hydrogen-bond donors (Lipinski definition) is 9. The van der Waals surface area contributed by atoms with Gasteiger partial charge in [0.15, 0.2) is 22.3 Å². The number of aromatic hydroxyl groups is 2. The SMILES string of the molecule is CC(C)(O/N=C(\C(=O)N[C@@H]1C(=O)N2C[C@@](C(=O)O)(N3CCN(NC(=O)NCCNC(=O)c4ccc(O)c(O)c4Cl)C3=O)S[C@H]12)c1csc(N)n1)C(=O)O. The van der Waals surface area contributed by atoms with E-state index in [9.17, 15) is 54.0 Å². The summed E-state index contributed by atoms with van der Waals surface area (Å²) in [5.74, 6) is -6.40. The van der Waals surface area contributed by atoms with Crippen LogP contribution in [0.3, 0.4) is 0 Å². The number of carbonyl (C=O) groups excluding carboxylic acids is 5. The number of carboxylic acid groups (broad SMARTS) is 2. The van der Waals surface area contributed by atoms with Crippen LogP contribution in [0.4, 0.5) is 14.7 Å². The number of oxime groups is 1. The van der Waals surface area contributed by atoms with Crippen molar-refractivity contribution < 1.29 is 58.8 Å². The van der Waals surface area contributed by atoms with E-state index in [0.29, 0.717) is 0 Å². The molecule has 53 heavy (non-hydrogen) atoms. The number of thiazole rings is 1. The Hall–Kier alpha value is -5.75. The molecule has 0 unspecified atom stereocenters. The maximum absolute atomic E-state index is 13.4. The smallest absolute Gasteiger partial charge is 0.350 e. The molecule has 0 bridgehead atoms. The van der Waals surface area contributed by atoms with E-state index in [-0.39, 0.29) is 47.6 Å². The molecule has 3 atom stereocenters. The molecule has 0 aliphatic carbocycles. The summed E-state index contributed by atoms with van der Waals surface area (Å²) in [5.41, 5.74) is 5.45. The van der Waals surface area contributed by atoms with Gasteiger partial charge in [0.05, 0.1) is 23.7 Å². The van der Waals surface area contributed by atoms with Crippen molar-refractivity contribution in [3.63, 3.8) is 0 Å². The number of hydrogen-bond acceptors (Lipinski definition) is 15. The number of β-lactam (4-membered cyclic amide) rings is 1. The Labute approximate surface area is 311 Å². The standard InChI is InChI=1S/C28H31ClN10O12S2/c1-27(2,22(45)46)51-36-15(12-9-52-24(30)33-12)19(43)34-16-20(44)37-10-28(23(47)48,53-21(16)37)38-7-8-39(26(38)50)35-25(49)32-6-5-31-18(42)11-3-4-13(40)17(41)14(11)29/h3-4,9,16,21,40-41H,5-8,10H2,1-2H3,(H2,30,33)(H,31,42)(H,34,43)(H,45,46)(H,47,48)(H2,32,35,49)/b36-15-/t16-,21-,28-/m1/s1. The second-order valence-corrected chi connectivity index (χ2v) is 14.6. The summed E-state index contributed by atoms with van der Waals surface area (Å²) in [6.07, 6.45) is 0. The highest BCUT2D eigenvalue weighted by atomic mass is 35.5. The number of benzene rings is 1. The molecule has 0 radical (unpaired) electrons. The predicted molar refractivity (Wildman–Crippen MR) is 184 cm³/mol. The number of nitrogen functional groups attached to an aromatic ring is 1. The van der Waals surface area contributed by atoms with Crippen molar-refractivity contribution in [2.24, 2.45) is 5.16 Å². The number of nitrogens with one attached hydrogen (secondary N) is 4. The highest BCUT2D eigenvalue weighted by molar-refractivity contribution is 8.02. The number of phenols is 2. The van der Waals surface area contributed by atoms with Crippen molar-refractivity contribution in [2.75, 3.05) is 38.5 Å². The van der Waals surface area contributed by atoms with Crippen molar-refractivity contribution in [3.8, 4) is 11.5 Å². The third kappa shape index (κ3) is 7.45. The Bertz CT molecular complexity index is 1930. The Morgan fingerprint density at radius 2 is 1.83 bits per heavy atom. The van der Waals surface area contributed by atoms with E-state index in [1.165, 1.54) is 30.2 Å². The van der Waals surface area contributed by atoms with E-state index in [4.69, 9.17) is 22.2 Å². The van der Waals surface area contributed by atoms with Crippen molar-refractivity contribution in [3.05, 3.63) is 33.8 Å². The van der Waals surface area contributed by atoms with Gasteiger partial charge in [-0.2, -0.15) is 0 Å². The molecule has 3 fully saturated rings. The minimum absolute atomic E-state index is 0.0570. The van der Waals surface area contributed by atoms with Gasteiger partial charge in [-0.1, -0.05) is 28.5 Å². The number of carboxylic acids is 2. The minimum atomic E-state index is -2.01. The van der Waals surface area contributed by atoms with Crippen LogP contribution < -0.4 is 27.1 Å². The number of urea groups is 2. The van der Waals surface area contributed by atoms with Gasteiger partial charge in [0.2, 0.25) is 16.4 Å². The molecule has 3 aliphatic rings. The van der Waals surface area contributed by atoms with Crippen molar-refractivity contribution in [1.29, 1.82) is 0 Å². The first kappa shape index (κ1) is 38.5. The Morgan fingerprint density at radius 1 is 1.13 bits per heavy atom. The molecule has 10 N–H and O–H groups in total. The largest absolute Gasteiger partial charge is 0.504 e. The first-order valence-electron chi connectivity index (χ1n) is 15.2. The van der Waals surface area contributed by atoms with E-state index in [2.05, 4.69) is 31.5 Å². The number of phenolic OH excluding ortho intramolecular Hbond substituents is 2. The second-order valence-electron chi connectivity index (χ2n) is 11.9. The van der Waals surface area contributed by atoms with Crippen LogP contribution in [-0.4, -0.2) is 142 Å². The lowest BCUT2D eigenvalue weighted by Gasteiger charge is -2.41. The van der Waals surface area contributed by atoms with Crippen LogP contribution >= 0.6 is 34.7 Å². The van der Waals surface area contributed by atoms with Gasteiger partial charge in [0, 0.05) is 25.0 Å². The first-order valence-corrected chi connectivity index (χ1v) is 17.4. The van der Waals surface area contributed by atoms with Crippen LogP contribution in [-0.2, 0) is 24.0 Å². The first-order chi connectivity index (χ1) is 24.9. The summed E-state index contributed by atoms with van der Waals surface area (Å²) in [6.45, 7) is 1.39. The summed E-state index contributed by atoms with van der Waals surface area (Å²) in [6, 6.07) is -0.778. The highest BCUT2D eigenvalue weighted by Gasteiger charge is 2.66. The van der Waals surface area contributed by atoms with Crippen LogP contribution in [0.2, 0.25) is 5.02 Å². The minimum Gasteiger partial charge on any atom is -0.504 e. The fourth-order valence-corrected chi connectivity index (χ4v) is 7.56. The molecule has 3 saturated heterocycles. The number of amides is 7. The molecule has 2 aromatic rings. The molecule has 284 valence electrons. The average Bonchev–Trinajstić information content (AvgIpc) is 3.80. The molecular weight excluding hydrogens is 768 g/mol. The molecule has 1 aromatic heterocycles. The normalized spacial score (nSPS) is 21.1. The van der Waals surface area contributed by atoms with Gasteiger partial charge in [-0.05, 0) is 26.0 Å². The van der Waals surface area contributed by atoms with E-state index in [1.807, 2.05) is 0 Å². The lowest BCUT2D eigenvalue weighted by molar-refractivity contribution is -0.161. The van der Waals surface area contributed by atoms with Gasteiger partial charge in [-0.15, -0.1) is 11.3 Å². The lowest BCUT2D eigenvalue weighted by Crippen LogP contribution is -2.68. The number of carbonyl (C=O) groups is 7. The Balaban J connectivity index is 1.18. The van der Waals surface area contributed by atoms with Crippen LogP contribution in [0.1, 0.15) is 29.9 Å². The van der Waals surface area contributed by atoms with Gasteiger partial charge < -0.3 is 51.8 Å². The number of halogens is 1. The zero-order valence-corrected chi connectivity index (χ0v) is 29.9. The number of rotatable bonds is 13. The number of hydrazine groups is 1. The van der Waals surface area contributed by atoms with E-state index < -0.39 is 87.4 Å². The zero-order valence-electron chi connectivity index (χ0n) is 27.5. The number of thioether (sulfide) groups is 1. The summed E-state index contributed by atoms with van der Waals surface area (Å²) in [4.78, 5) is 98.2. The average molecular weight is 799 g/mol. The molecular formula is C28H31ClN10O12S2. The van der Waals surface area contributed by atoms with Gasteiger partial charge in [0.25, 0.3) is 11.8 Å². The number of aliphatic carboxylic acids is 2. The number of anilines is 1. The molecule has 0 spiro atoms. The third-order valence-electron chi connectivity index (χ3n) is 8.04. The fraction of sp³-hybridized carbons (Fsp3) is 0.393. The Morgan fingerprint density at radius 3 is 2.47 bits per heavy atom. The zero-order chi connectivity index (χ0) is 39.0. The molecule has 7 amide bonds. The predicted octanol–water partition coefficient (Wildman–Crippen LogP) is -1.06. The molecule has 4 heterocycles. The van der Waals surface area contributed by atoms with Gasteiger partial charge >= 0.3 is 24.0 Å². The molecule has 0 saturated carbocycles.